The van der Waals surface area contributed by atoms with E-state index in [4.69, 9.17) is 0 Å². The lowest BCUT2D eigenvalue weighted by atomic mass is 9.98. The van der Waals surface area contributed by atoms with Gasteiger partial charge in [0.05, 0.1) is 11.4 Å². The summed E-state index contributed by atoms with van der Waals surface area (Å²) < 4.78 is 13.9. The van der Waals surface area contributed by atoms with E-state index in [0.29, 0.717) is 17.0 Å². The summed E-state index contributed by atoms with van der Waals surface area (Å²) >= 11 is 0.825. The van der Waals surface area contributed by atoms with Gasteiger partial charge >= 0.3 is 0 Å². The van der Waals surface area contributed by atoms with Crippen molar-refractivity contribution in [3.63, 3.8) is 0 Å². The maximum absolute atomic E-state index is 13.9. The van der Waals surface area contributed by atoms with Crippen LogP contribution in [0.3, 0.4) is 0 Å². The molecule has 160 valence electrons. The van der Waals surface area contributed by atoms with Crippen molar-refractivity contribution in [2.24, 2.45) is 5.92 Å². The molecule has 0 spiro atoms. The first-order chi connectivity index (χ1) is 14.9. The van der Waals surface area contributed by atoms with E-state index in [1.165, 1.54) is 6.07 Å². The number of halogens is 1. The first-order valence-electron chi connectivity index (χ1n) is 10.3. The molecule has 2 aromatic rings. The Hall–Kier alpha value is -2.93. The molecule has 0 N–H and O–H groups in total. The normalized spacial score (nSPS) is 18.8. The topological polar surface area (TPSA) is 57.7 Å². The first-order valence-corrected chi connectivity index (χ1v) is 11.1. The summed E-state index contributed by atoms with van der Waals surface area (Å²) in [5.41, 5.74) is 1.52. The number of carbonyl (C=O) groups is 3. The SMILES string of the molecule is CC1CCN(C(=O)c2cccc(/C=C3\SC(=O)N(Cc4ccccc4F)C3=O)c2)CC1. The predicted octanol–water partition coefficient (Wildman–Crippen LogP) is 4.93. The standard InChI is InChI=1S/C24H23FN2O3S/c1-16-9-11-26(12-10-16)22(28)18-7-4-5-17(13-18)14-21-23(29)27(24(30)31-21)15-19-6-2-3-8-20(19)25/h2-8,13-14,16H,9-12,15H2,1H3/b21-14-. The van der Waals surface area contributed by atoms with Crippen molar-refractivity contribution in [2.75, 3.05) is 13.1 Å². The van der Waals surface area contributed by atoms with E-state index in [9.17, 15) is 18.8 Å². The van der Waals surface area contributed by atoms with Gasteiger partial charge < -0.3 is 4.90 Å². The summed E-state index contributed by atoms with van der Waals surface area (Å²) in [6.07, 6.45) is 3.61. The van der Waals surface area contributed by atoms with Crippen molar-refractivity contribution in [3.05, 3.63) is 75.9 Å². The van der Waals surface area contributed by atoms with Crippen molar-refractivity contribution >= 4 is 34.9 Å². The van der Waals surface area contributed by atoms with Crippen LogP contribution >= 0.6 is 11.8 Å². The zero-order valence-corrected chi connectivity index (χ0v) is 18.0. The van der Waals surface area contributed by atoms with Crippen LogP contribution in [-0.2, 0) is 11.3 Å². The molecule has 2 aliphatic rings. The van der Waals surface area contributed by atoms with Crippen molar-refractivity contribution in [3.8, 4) is 0 Å². The average Bonchev–Trinajstić information content (AvgIpc) is 3.03. The molecule has 7 heteroatoms. The summed E-state index contributed by atoms with van der Waals surface area (Å²) in [5, 5.41) is -0.436. The molecular weight excluding hydrogens is 415 g/mol. The minimum Gasteiger partial charge on any atom is -0.339 e. The highest BCUT2D eigenvalue weighted by atomic mass is 32.2. The smallest absolute Gasteiger partial charge is 0.293 e. The number of amides is 3. The zero-order valence-electron chi connectivity index (χ0n) is 17.2. The molecule has 4 rings (SSSR count). The van der Waals surface area contributed by atoms with Crippen LogP contribution in [0.2, 0.25) is 0 Å². The van der Waals surface area contributed by atoms with Gasteiger partial charge in [-0.1, -0.05) is 37.3 Å². The van der Waals surface area contributed by atoms with Crippen LogP contribution in [0.25, 0.3) is 6.08 Å². The van der Waals surface area contributed by atoms with Crippen LogP contribution in [0.5, 0.6) is 0 Å². The number of imide groups is 1. The summed E-state index contributed by atoms with van der Waals surface area (Å²) in [5.74, 6) is -0.297. The van der Waals surface area contributed by atoms with Gasteiger partial charge in [-0.2, -0.15) is 0 Å². The van der Waals surface area contributed by atoms with Gasteiger partial charge in [-0.05, 0) is 60.4 Å². The van der Waals surface area contributed by atoms with Crippen molar-refractivity contribution < 1.29 is 18.8 Å². The van der Waals surface area contributed by atoms with Crippen LogP contribution in [0.15, 0.2) is 53.4 Å². The highest BCUT2D eigenvalue weighted by Crippen LogP contribution is 2.33. The van der Waals surface area contributed by atoms with Crippen LogP contribution in [0.1, 0.15) is 41.3 Å². The van der Waals surface area contributed by atoms with E-state index in [1.54, 1.807) is 48.5 Å². The molecule has 2 aromatic carbocycles. The molecule has 0 aliphatic carbocycles. The van der Waals surface area contributed by atoms with Gasteiger partial charge in [-0.3, -0.25) is 19.3 Å². The summed E-state index contributed by atoms with van der Waals surface area (Å²) in [4.78, 5) is 41.1. The minimum atomic E-state index is -0.458. The Morgan fingerprint density at radius 3 is 2.61 bits per heavy atom. The number of piperidine rings is 1. The van der Waals surface area contributed by atoms with E-state index >= 15 is 0 Å². The number of carbonyl (C=O) groups excluding carboxylic acids is 3. The molecule has 0 radical (unpaired) electrons. The molecule has 3 amide bonds. The van der Waals surface area contributed by atoms with Crippen LogP contribution in [0.4, 0.5) is 9.18 Å². The third-order valence-corrected chi connectivity index (χ3v) is 6.57. The fourth-order valence-electron chi connectivity index (χ4n) is 3.74. The molecule has 0 atom stereocenters. The Bertz CT molecular complexity index is 1060. The number of benzene rings is 2. The van der Waals surface area contributed by atoms with Gasteiger partial charge in [0, 0.05) is 24.2 Å². The lowest BCUT2D eigenvalue weighted by Crippen LogP contribution is -2.37. The van der Waals surface area contributed by atoms with E-state index in [-0.39, 0.29) is 22.9 Å². The third-order valence-electron chi connectivity index (χ3n) is 5.66. The maximum atomic E-state index is 13.9. The highest BCUT2D eigenvalue weighted by molar-refractivity contribution is 8.18. The Balaban J connectivity index is 1.50. The Kier molecular flexibility index (Phi) is 6.23. The lowest BCUT2D eigenvalue weighted by Gasteiger charge is -2.30. The Morgan fingerprint density at radius 1 is 1.13 bits per heavy atom. The van der Waals surface area contributed by atoms with Gasteiger partial charge in [0.1, 0.15) is 5.82 Å². The number of rotatable bonds is 4. The monoisotopic (exact) mass is 438 g/mol. The predicted molar refractivity (Wildman–Crippen MR) is 119 cm³/mol. The number of hydrogen-bond acceptors (Lipinski definition) is 4. The Morgan fingerprint density at radius 2 is 1.87 bits per heavy atom. The quantitative estimate of drug-likeness (QED) is 0.635. The van der Waals surface area contributed by atoms with E-state index in [1.807, 2.05) is 4.90 Å². The molecule has 2 aliphatic heterocycles. The van der Waals surface area contributed by atoms with Gasteiger partial charge in [0.25, 0.3) is 17.1 Å². The fourth-order valence-corrected chi connectivity index (χ4v) is 4.58. The van der Waals surface area contributed by atoms with Crippen molar-refractivity contribution in [2.45, 2.75) is 26.3 Å². The van der Waals surface area contributed by atoms with E-state index in [2.05, 4.69) is 6.92 Å². The van der Waals surface area contributed by atoms with Gasteiger partial charge in [-0.25, -0.2) is 4.39 Å². The van der Waals surface area contributed by atoms with Crippen molar-refractivity contribution in [1.29, 1.82) is 0 Å². The van der Waals surface area contributed by atoms with Crippen LogP contribution in [-0.4, -0.2) is 39.9 Å². The Labute approximate surface area is 184 Å². The number of likely N-dealkylation sites (tertiary alicyclic amines) is 1. The molecule has 2 fully saturated rings. The highest BCUT2D eigenvalue weighted by Gasteiger charge is 2.35. The molecule has 31 heavy (non-hydrogen) atoms. The summed E-state index contributed by atoms with van der Waals surface area (Å²) in [7, 11) is 0. The van der Waals surface area contributed by atoms with Gasteiger partial charge in [0.2, 0.25) is 0 Å². The van der Waals surface area contributed by atoms with E-state index in [0.717, 1.165) is 42.6 Å². The number of hydrogen-bond donors (Lipinski definition) is 0. The van der Waals surface area contributed by atoms with Crippen LogP contribution < -0.4 is 0 Å². The first kappa shape index (κ1) is 21.3. The maximum Gasteiger partial charge on any atom is 0.293 e. The molecule has 0 saturated carbocycles. The molecule has 0 bridgehead atoms. The zero-order chi connectivity index (χ0) is 22.0. The fraction of sp³-hybridized carbons (Fsp3) is 0.292. The van der Waals surface area contributed by atoms with Gasteiger partial charge in [-0.15, -0.1) is 0 Å². The second-order valence-corrected chi connectivity index (χ2v) is 8.95. The average molecular weight is 439 g/mol. The van der Waals surface area contributed by atoms with E-state index < -0.39 is 17.0 Å². The molecule has 2 heterocycles. The summed E-state index contributed by atoms with van der Waals surface area (Å²) in [6, 6.07) is 13.2. The lowest BCUT2D eigenvalue weighted by molar-refractivity contribution is -0.123. The second-order valence-electron chi connectivity index (χ2n) is 7.96. The van der Waals surface area contributed by atoms with Crippen LogP contribution in [0, 0.1) is 11.7 Å². The molecular formula is C24H23FN2O3S. The molecule has 2 saturated heterocycles. The van der Waals surface area contributed by atoms with Crippen molar-refractivity contribution in [1.82, 2.24) is 9.80 Å². The minimum absolute atomic E-state index is 0.0187. The summed E-state index contributed by atoms with van der Waals surface area (Å²) in [6.45, 7) is 3.58. The number of thioether (sulfide) groups is 1. The molecule has 5 nitrogen and oxygen atoms in total. The molecule has 0 unspecified atom stereocenters. The third kappa shape index (κ3) is 4.71. The molecule has 0 aromatic heterocycles. The van der Waals surface area contributed by atoms with Gasteiger partial charge in [0.15, 0.2) is 0 Å². The largest absolute Gasteiger partial charge is 0.339 e. The second kappa shape index (κ2) is 9.06. The number of nitrogens with zero attached hydrogens (tertiary/aromatic N) is 2.